The number of hydrogen-bond acceptors (Lipinski definition) is 8. The van der Waals surface area contributed by atoms with Crippen LogP contribution in [0.25, 0.3) is 11.1 Å². The van der Waals surface area contributed by atoms with Crippen molar-refractivity contribution in [1.29, 1.82) is 0 Å². The van der Waals surface area contributed by atoms with Gasteiger partial charge in [0.25, 0.3) is 6.79 Å². The van der Waals surface area contributed by atoms with Crippen LogP contribution in [0.1, 0.15) is 47.2 Å². The number of aryl methyl sites for hydroxylation is 1. The molecule has 0 amide bonds. The molecule has 3 N–H and O–H groups in total. The number of esters is 1. The molecule has 1 aromatic heterocycles. The lowest BCUT2D eigenvalue weighted by molar-refractivity contribution is -0.0297. The summed E-state index contributed by atoms with van der Waals surface area (Å²) in [5, 5.41) is 10.8. The number of amidine groups is 1. The van der Waals surface area contributed by atoms with Crippen molar-refractivity contribution in [3.05, 3.63) is 76.3 Å². The highest BCUT2D eigenvalue weighted by atomic mass is 35.5. The van der Waals surface area contributed by atoms with Gasteiger partial charge in [0.05, 0.1) is 0 Å². The maximum Gasteiger partial charge on any atom is 0.361 e. The Hall–Kier alpha value is -4.18. The van der Waals surface area contributed by atoms with Crippen molar-refractivity contribution >= 4 is 36.8 Å². The summed E-state index contributed by atoms with van der Waals surface area (Å²) in [5.74, 6) is 5.99. The van der Waals surface area contributed by atoms with E-state index in [9.17, 15) is 4.79 Å². The van der Waals surface area contributed by atoms with Gasteiger partial charge in [0.1, 0.15) is 5.82 Å². The number of halogens is 1. The molecule has 188 valence electrons. The van der Waals surface area contributed by atoms with Crippen molar-refractivity contribution in [3.63, 3.8) is 0 Å². The Morgan fingerprint density at radius 1 is 1.19 bits per heavy atom. The van der Waals surface area contributed by atoms with Gasteiger partial charge < -0.3 is 20.0 Å². The monoisotopic (exact) mass is 509 g/mol. The average molecular weight is 510 g/mol. The Bertz CT molecular complexity index is 1240. The van der Waals surface area contributed by atoms with E-state index in [-0.39, 0.29) is 17.6 Å². The molecule has 0 unspecified atom stereocenters. The largest absolute Gasteiger partial charge is 0.421 e. The summed E-state index contributed by atoms with van der Waals surface area (Å²) >= 11 is 6.35. The first-order valence-electron chi connectivity index (χ1n) is 11.2. The van der Waals surface area contributed by atoms with Crippen LogP contribution in [0.2, 0.25) is 5.15 Å². The molecule has 0 aliphatic carbocycles. The minimum atomic E-state index is -0.652. The van der Waals surface area contributed by atoms with Gasteiger partial charge >= 0.3 is 5.97 Å². The highest BCUT2D eigenvalue weighted by Gasteiger charge is 2.23. The van der Waals surface area contributed by atoms with Crippen LogP contribution in [-0.2, 0) is 22.5 Å². The molecule has 10 nitrogen and oxygen atoms in total. The molecule has 0 atom stereocenters. The number of unbranched alkanes of at least 4 members (excludes halogenated alkanes) is 1. The third-order valence-corrected chi connectivity index (χ3v) is 5.65. The van der Waals surface area contributed by atoms with Crippen LogP contribution in [0.3, 0.4) is 0 Å². The molecule has 36 heavy (non-hydrogen) atoms. The first-order chi connectivity index (χ1) is 17.5. The van der Waals surface area contributed by atoms with E-state index in [2.05, 4.69) is 51.0 Å². The summed E-state index contributed by atoms with van der Waals surface area (Å²) in [6.45, 7) is 8.71. The Kier molecular flexibility index (Phi) is 9.58. The predicted molar refractivity (Wildman–Crippen MR) is 141 cm³/mol. The summed E-state index contributed by atoms with van der Waals surface area (Å²) in [5.41, 5.74) is 6.47. The highest BCUT2D eigenvalue weighted by molar-refractivity contribution is 6.32. The number of hydrazone groups is 2. The van der Waals surface area contributed by atoms with Crippen LogP contribution in [0.4, 0.5) is 0 Å². The number of oxime groups is 1. The Morgan fingerprint density at radius 2 is 1.94 bits per heavy atom. The van der Waals surface area contributed by atoms with Gasteiger partial charge in [-0.05, 0) is 23.1 Å². The van der Waals surface area contributed by atoms with Crippen LogP contribution in [0, 0.1) is 0 Å². The van der Waals surface area contributed by atoms with Gasteiger partial charge in [-0.1, -0.05) is 78.6 Å². The van der Waals surface area contributed by atoms with Crippen molar-refractivity contribution in [2.24, 2.45) is 21.2 Å². The molecular weight excluding hydrogens is 482 g/mol. The van der Waals surface area contributed by atoms with Gasteiger partial charge in [-0.15, -0.1) is 0 Å². The summed E-state index contributed by atoms with van der Waals surface area (Å²) in [7, 11) is 0. The fourth-order valence-electron chi connectivity index (χ4n) is 3.69. The van der Waals surface area contributed by atoms with E-state index in [1.165, 1.54) is 0 Å². The van der Waals surface area contributed by atoms with E-state index in [0.29, 0.717) is 24.6 Å². The lowest BCUT2D eigenvalue weighted by Crippen LogP contribution is -2.21. The maximum atomic E-state index is 12.7. The Labute approximate surface area is 214 Å². The molecule has 0 saturated carbocycles. The van der Waals surface area contributed by atoms with Gasteiger partial charge in [-0.25, -0.2) is 9.78 Å². The molecule has 0 fully saturated rings. The minimum absolute atomic E-state index is 0.0835. The predicted octanol–water partition coefficient (Wildman–Crippen LogP) is 4.17. The van der Waals surface area contributed by atoms with Crippen molar-refractivity contribution in [1.82, 2.24) is 15.0 Å². The van der Waals surface area contributed by atoms with E-state index < -0.39 is 5.97 Å². The van der Waals surface area contributed by atoms with E-state index in [0.717, 1.165) is 35.1 Å². The fourth-order valence-corrected chi connectivity index (χ4v) is 3.97. The smallest absolute Gasteiger partial charge is 0.361 e. The van der Waals surface area contributed by atoms with Gasteiger partial charge in [0, 0.05) is 32.0 Å². The number of carbonyl (C=O) groups is 1. The SMILES string of the molecule is C=NN/C(=N\N)c1ccccc1-c1ccc(Cn2c(CCCC)nc(Cl)c2C(=O)OCON=C)cc1. The van der Waals surface area contributed by atoms with Crippen molar-refractivity contribution in [2.75, 3.05) is 6.79 Å². The summed E-state index contributed by atoms with van der Waals surface area (Å²) in [4.78, 5) is 21.8. The zero-order valence-corrected chi connectivity index (χ0v) is 20.7. The van der Waals surface area contributed by atoms with E-state index >= 15 is 0 Å². The zero-order valence-electron chi connectivity index (χ0n) is 20.0. The summed E-state index contributed by atoms with van der Waals surface area (Å²) < 4.78 is 6.89. The normalized spacial score (nSPS) is 11.1. The number of hydrogen-bond donors (Lipinski definition) is 2. The van der Waals surface area contributed by atoms with Crippen LogP contribution in [-0.4, -0.2) is 41.6 Å². The molecule has 0 radical (unpaired) electrons. The van der Waals surface area contributed by atoms with E-state index in [1.54, 1.807) is 4.57 Å². The molecular formula is C25H28ClN7O3. The van der Waals surface area contributed by atoms with Crippen LogP contribution in [0.15, 0.2) is 63.9 Å². The minimum Gasteiger partial charge on any atom is -0.421 e. The number of rotatable bonds is 12. The number of carbonyl (C=O) groups excluding carboxylic acids is 1. The summed E-state index contributed by atoms with van der Waals surface area (Å²) in [6, 6.07) is 15.6. The third kappa shape index (κ3) is 6.28. The average Bonchev–Trinajstić information content (AvgIpc) is 3.21. The topological polar surface area (TPSA) is 128 Å². The lowest BCUT2D eigenvalue weighted by atomic mass is 9.98. The standard InChI is InChI=1S/C25H28ClN7O3/c1-4-5-10-21-30-23(26)22(25(34)35-16-36-29-3)33(21)15-17-11-13-18(14-12-17)19-8-6-7-9-20(19)24(31-27)32-28-2/h6-9,11-14H,2-5,10,15-16,27H2,1H3,(H,31,32). The van der Waals surface area contributed by atoms with Gasteiger partial charge in [-0.2, -0.15) is 10.2 Å². The van der Waals surface area contributed by atoms with Crippen LogP contribution in [0.5, 0.6) is 0 Å². The maximum absolute atomic E-state index is 12.7. The van der Waals surface area contributed by atoms with Crippen molar-refractivity contribution in [2.45, 2.75) is 32.7 Å². The fraction of sp³-hybridized carbons (Fsp3) is 0.240. The first-order valence-corrected chi connectivity index (χ1v) is 11.6. The number of nitrogens with two attached hydrogens (primary N) is 1. The molecule has 0 spiro atoms. The van der Waals surface area contributed by atoms with Gasteiger partial charge in [0.15, 0.2) is 16.7 Å². The second-order valence-corrected chi connectivity index (χ2v) is 8.01. The number of nitrogens with one attached hydrogen (secondary N) is 1. The quantitative estimate of drug-likeness (QED) is 0.0717. The molecule has 1 heterocycles. The highest BCUT2D eigenvalue weighted by Crippen LogP contribution is 2.26. The van der Waals surface area contributed by atoms with E-state index in [1.807, 2.05) is 48.5 Å². The van der Waals surface area contributed by atoms with Crippen LogP contribution >= 0.6 is 11.6 Å². The van der Waals surface area contributed by atoms with Gasteiger partial charge in [0.2, 0.25) is 0 Å². The molecule has 0 aliphatic heterocycles. The van der Waals surface area contributed by atoms with Crippen molar-refractivity contribution in [3.8, 4) is 11.1 Å². The number of imidazole rings is 1. The van der Waals surface area contributed by atoms with Crippen LogP contribution < -0.4 is 11.3 Å². The molecule has 11 heteroatoms. The number of nitrogens with zero attached hydrogens (tertiary/aromatic N) is 5. The number of aromatic nitrogens is 2. The molecule has 3 rings (SSSR count). The zero-order chi connectivity index (χ0) is 25.9. The molecule has 3 aromatic rings. The lowest BCUT2D eigenvalue weighted by Gasteiger charge is -2.14. The number of benzene rings is 2. The molecule has 2 aromatic carbocycles. The molecule has 0 bridgehead atoms. The molecule has 0 saturated heterocycles. The Balaban J connectivity index is 1.92. The molecule has 0 aliphatic rings. The number of ether oxygens (including phenoxy) is 1. The second-order valence-electron chi connectivity index (χ2n) is 7.66. The first kappa shape index (κ1) is 26.4. The van der Waals surface area contributed by atoms with Gasteiger partial charge in [-0.3, -0.25) is 5.43 Å². The van der Waals surface area contributed by atoms with Crippen molar-refractivity contribution < 1.29 is 14.4 Å². The van der Waals surface area contributed by atoms with E-state index in [4.69, 9.17) is 22.2 Å². The second kappa shape index (κ2) is 13.1. The summed E-state index contributed by atoms with van der Waals surface area (Å²) in [6.07, 6.45) is 2.55. The Morgan fingerprint density at radius 3 is 2.61 bits per heavy atom. The third-order valence-electron chi connectivity index (χ3n) is 5.39.